The van der Waals surface area contributed by atoms with Gasteiger partial charge in [-0.2, -0.15) is 0 Å². The van der Waals surface area contributed by atoms with Crippen LogP contribution in [0, 0.1) is 6.92 Å². The maximum atomic E-state index is 12.3. The number of rotatable bonds is 4. The number of aliphatic carboxylic acids is 1. The van der Waals surface area contributed by atoms with Crippen LogP contribution in [0.15, 0.2) is 48.5 Å². The molecule has 0 aromatic heterocycles. The fraction of sp³-hybridized carbons (Fsp3) is 0.125. The Morgan fingerprint density at radius 3 is 2.38 bits per heavy atom. The molecule has 2 N–H and O–H groups in total. The van der Waals surface area contributed by atoms with Crippen molar-refractivity contribution in [2.24, 2.45) is 0 Å². The highest BCUT2D eigenvalue weighted by Crippen LogP contribution is 2.20. The minimum Gasteiger partial charge on any atom is -0.479 e. The van der Waals surface area contributed by atoms with Gasteiger partial charge in [0, 0.05) is 10.6 Å². The second-order valence-electron chi connectivity index (χ2n) is 4.57. The van der Waals surface area contributed by atoms with E-state index in [0.29, 0.717) is 21.7 Å². The second-order valence-corrected chi connectivity index (χ2v) is 4.97. The minimum absolute atomic E-state index is 0.365. The standard InChI is InChI=1S/C16H14ClNO3/c1-10-12(8-5-9-13(10)17)15(19)18-14(16(20)21)11-6-3-2-4-7-11/h2-9,14H,1H3,(H,18,19)(H,20,21). The summed E-state index contributed by atoms with van der Waals surface area (Å²) in [5.41, 5.74) is 1.50. The average Bonchev–Trinajstić information content (AvgIpc) is 2.48. The number of hydrogen-bond acceptors (Lipinski definition) is 2. The van der Waals surface area contributed by atoms with E-state index in [4.69, 9.17) is 11.6 Å². The normalized spacial score (nSPS) is 11.7. The van der Waals surface area contributed by atoms with Crippen LogP contribution in [-0.2, 0) is 4.79 Å². The number of amides is 1. The molecule has 0 aliphatic heterocycles. The highest BCUT2D eigenvalue weighted by Gasteiger charge is 2.23. The molecular formula is C16H14ClNO3. The Morgan fingerprint density at radius 1 is 1.10 bits per heavy atom. The van der Waals surface area contributed by atoms with E-state index in [1.807, 2.05) is 0 Å². The Kier molecular flexibility index (Phi) is 4.60. The van der Waals surface area contributed by atoms with E-state index in [-0.39, 0.29) is 0 Å². The molecule has 4 nitrogen and oxygen atoms in total. The molecule has 2 rings (SSSR count). The van der Waals surface area contributed by atoms with E-state index in [1.165, 1.54) is 0 Å². The first-order valence-corrected chi connectivity index (χ1v) is 6.72. The van der Waals surface area contributed by atoms with Crippen molar-refractivity contribution < 1.29 is 14.7 Å². The van der Waals surface area contributed by atoms with E-state index < -0.39 is 17.9 Å². The number of carbonyl (C=O) groups excluding carboxylic acids is 1. The van der Waals surface area contributed by atoms with Crippen molar-refractivity contribution >= 4 is 23.5 Å². The monoisotopic (exact) mass is 303 g/mol. The number of carboxylic acids is 1. The predicted molar refractivity (Wildman–Crippen MR) is 80.5 cm³/mol. The summed E-state index contributed by atoms with van der Waals surface area (Å²) in [5, 5.41) is 12.3. The van der Waals surface area contributed by atoms with Crippen molar-refractivity contribution in [3.05, 3.63) is 70.2 Å². The van der Waals surface area contributed by atoms with Crippen LogP contribution in [0.2, 0.25) is 5.02 Å². The summed E-state index contributed by atoms with van der Waals surface area (Å²) < 4.78 is 0. The lowest BCUT2D eigenvalue weighted by Crippen LogP contribution is -2.34. The molecule has 108 valence electrons. The molecule has 0 heterocycles. The van der Waals surface area contributed by atoms with Gasteiger partial charge in [0.25, 0.3) is 5.91 Å². The van der Waals surface area contributed by atoms with Gasteiger partial charge in [-0.05, 0) is 30.2 Å². The maximum absolute atomic E-state index is 12.3. The highest BCUT2D eigenvalue weighted by atomic mass is 35.5. The average molecular weight is 304 g/mol. The van der Waals surface area contributed by atoms with E-state index in [1.54, 1.807) is 55.5 Å². The summed E-state index contributed by atoms with van der Waals surface area (Å²) in [5.74, 6) is -1.58. The largest absolute Gasteiger partial charge is 0.479 e. The molecule has 0 aliphatic rings. The summed E-state index contributed by atoms with van der Waals surface area (Å²) in [7, 11) is 0. The molecule has 0 radical (unpaired) electrons. The van der Waals surface area contributed by atoms with Gasteiger partial charge in [-0.1, -0.05) is 48.0 Å². The Labute approximate surface area is 127 Å². The molecule has 2 aromatic rings. The van der Waals surface area contributed by atoms with Gasteiger partial charge in [0.2, 0.25) is 0 Å². The van der Waals surface area contributed by atoms with Crippen molar-refractivity contribution in [1.29, 1.82) is 0 Å². The van der Waals surface area contributed by atoms with Crippen molar-refractivity contribution in [1.82, 2.24) is 5.32 Å². The number of halogens is 1. The Hall–Kier alpha value is -2.33. The zero-order valence-corrected chi connectivity index (χ0v) is 12.1. The fourth-order valence-electron chi connectivity index (χ4n) is 2.00. The molecule has 0 bridgehead atoms. The molecule has 5 heteroatoms. The minimum atomic E-state index is -1.12. The third kappa shape index (κ3) is 3.41. The lowest BCUT2D eigenvalue weighted by Gasteiger charge is -2.16. The van der Waals surface area contributed by atoms with Crippen LogP contribution in [-0.4, -0.2) is 17.0 Å². The molecule has 1 amide bonds. The molecule has 0 aliphatic carbocycles. The van der Waals surface area contributed by atoms with Gasteiger partial charge in [0.05, 0.1) is 0 Å². The van der Waals surface area contributed by atoms with E-state index in [2.05, 4.69) is 5.32 Å². The summed E-state index contributed by atoms with van der Waals surface area (Å²) >= 11 is 5.98. The number of benzene rings is 2. The Morgan fingerprint density at radius 2 is 1.76 bits per heavy atom. The van der Waals surface area contributed by atoms with Crippen molar-refractivity contribution in [3.8, 4) is 0 Å². The quantitative estimate of drug-likeness (QED) is 0.911. The van der Waals surface area contributed by atoms with Crippen LogP contribution in [0.4, 0.5) is 0 Å². The predicted octanol–water partition coefficient (Wildman–Crippen LogP) is 3.20. The Bertz CT molecular complexity index is 670. The molecule has 1 unspecified atom stereocenters. The van der Waals surface area contributed by atoms with Crippen molar-refractivity contribution in [3.63, 3.8) is 0 Å². The third-order valence-corrected chi connectivity index (χ3v) is 3.58. The van der Waals surface area contributed by atoms with Gasteiger partial charge in [0.15, 0.2) is 6.04 Å². The van der Waals surface area contributed by atoms with E-state index in [9.17, 15) is 14.7 Å². The van der Waals surface area contributed by atoms with E-state index >= 15 is 0 Å². The fourth-order valence-corrected chi connectivity index (χ4v) is 2.17. The van der Waals surface area contributed by atoms with Crippen LogP contribution in [0.3, 0.4) is 0 Å². The number of carbonyl (C=O) groups is 2. The van der Waals surface area contributed by atoms with Crippen LogP contribution in [0.25, 0.3) is 0 Å². The molecule has 0 saturated heterocycles. The van der Waals surface area contributed by atoms with E-state index in [0.717, 1.165) is 0 Å². The van der Waals surface area contributed by atoms with Crippen molar-refractivity contribution in [2.75, 3.05) is 0 Å². The van der Waals surface area contributed by atoms with Crippen molar-refractivity contribution in [2.45, 2.75) is 13.0 Å². The zero-order chi connectivity index (χ0) is 15.4. The van der Waals surface area contributed by atoms with Gasteiger partial charge in [-0.15, -0.1) is 0 Å². The Balaban J connectivity index is 2.28. The molecular weight excluding hydrogens is 290 g/mol. The van der Waals surface area contributed by atoms with Gasteiger partial charge in [-0.25, -0.2) is 4.79 Å². The zero-order valence-electron chi connectivity index (χ0n) is 11.3. The molecule has 0 spiro atoms. The third-order valence-electron chi connectivity index (χ3n) is 3.17. The molecule has 21 heavy (non-hydrogen) atoms. The number of nitrogens with one attached hydrogen (secondary N) is 1. The van der Waals surface area contributed by atoms with Gasteiger partial charge in [-0.3, -0.25) is 4.79 Å². The van der Waals surface area contributed by atoms with Gasteiger partial charge in [0.1, 0.15) is 0 Å². The summed E-state index contributed by atoms with van der Waals surface area (Å²) in [6.07, 6.45) is 0. The lowest BCUT2D eigenvalue weighted by molar-refractivity contribution is -0.139. The lowest BCUT2D eigenvalue weighted by atomic mass is 10.0. The second kappa shape index (κ2) is 6.41. The topological polar surface area (TPSA) is 66.4 Å². The van der Waals surface area contributed by atoms with Crippen LogP contribution in [0.1, 0.15) is 27.5 Å². The maximum Gasteiger partial charge on any atom is 0.330 e. The number of hydrogen-bond donors (Lipinski definition) is 2. The van der Waals surface area contributed by atoms with Gasteiger partial charge >= 0.3 is 5.97 Å². The first kappa shape index (κ1) is 15.1. The highest BCUT2D eigenvalue weighted by molar-refractivity contribution is 6.31. The molecule has 0 saturated carbocycles. The first-order valence-electron chi connectivity index (χ1n) is 6.34. The smallest absolute Gasteiger partial charge is 0.330 e. The summed E-state index contributed by atoms with van der Waals surface area (Å²) in [6.45, 7) is 1.72. The van der Waals surface area contributed by atoms with Crippen LogP contribution >= 0.6 is 11.6 Å². The van der Waals surface area contributed by atoms with Crippen LogP contribution in [0.5, 0.6) is 0 Å². The SMILES string of the molecule is Cc1c(Cl)cccc1C(=O)NC(C(=O)O)c1ccccc1. The summed E-state index contributed by atoms with van der Waals surface area (Å²) in [6, 6.07) is 12.4. The molecule has 1 atom stereocenters. The number of carboxylic acid groups (broad SMARTS) is 1. The summed E-state index contributed by atoms with van der Waals surface area (Å²) in [4.78, 5) is 23.7. The van der Waals surface area contributed by atoms with Crippen LogP contribution < -0.4 is 5.32 Å². The molecule has 0 fully saturated rings. The van der Waals surface area contributed by atoms with Gasteiger partial charge < -0.3 is 10.4 Å². The first-order chi connectivity index (χ1) is 10.0. The molecule has 2 aromatic carbocycles.